The number of nitrogens with zero attached hydrogens (tertiary/aromatic N) is 3. The van der Waals surface area contributed by atoms with Crippen LogP contribution in [0.4, 0.5) is 5.95 Å². The molecular weight excluding hydrogens is 324 g/mol. The Morgan fingerprint density at radius 1 is 1.12 bits per heavy atom. The molecule has 0 radical (unpaired) electrons. The molecule has 0 spiro atoms. The molecule has 0 fully saturated rings. The molecule has 7 nitrogen and oxygen atoms in total. The maximum Gasteiger partial charge on any atom is 0.230 e. The van der Waals surface area contributed by atoms with Crippen LogP contribution >= 0.6 is 11.8 Å². The Hall–Kier alpha value is -2.61. The number of anilines is 1. The Kier molecular flexibility index (Phi) is 5.62. The van der Waals surface area contributed by atoms with Crippen molar-refractivity contribution in [2.75, 3.05) is 24.2 Å². The summed E-state index contributed by atoms with van der Waals surface area (Å²) in [6.45, 7) is 1.12. The number of imidazole rings is 1. The van der Waals surface area contributed by atoms with Gasteiger partial charge in [-0.15, -0.1) is 11.8 Å². The van der Waals surface area contributed by atoms with Crippen LogP contribution in [0.2, 0.25) is 0 Å². The third kappa shape index (κ3) is 4.69. The van der Waals surface area contributed by atoms with Crippen molar-refractivity contribution in [3.8, 4) is 0 Å². The van der Waals surface area contributed by atoms with E-state index in [1.807, 2.05) is 24.3 Å². The molecule has 3 rings (SSSR count). The highest BCUT2D eigenvalue weighted by Crippen LogP contribution is 2.14. The second-order valence-electron chi connectivity index (χ2n) is 5.04. The third-order valence-electron chi connectivity index (χ3n) is 3.21. The van der Waals surface area contributed by atoms with Crippen molar-refractivity contribution in [2.24, 2.45) is 0 Å². The minimum absolute atomic E-state index is 0.00638. The molecule has 1 aromatic carbocycles. The normalized spacial score (nSPS) is 10.7. The molecular formula is C16H18N6OS. The Bertz CT molecular complexity index is 758. The number of carbonyl (C=O) groups excluding carboxylic acids is 1. The van der Waals surface area contributed by atoms with Crippen LogP contribution in [0.15, 0.2) is 42.7 Å². The summed E-state index contributed by atoms with van der Waals surface area (Å²) in [6.07, 6.45) is 3.34. The first kappa shape index (κ1) is 16.3. The van der Waals surface area contributed by atoms with Crippen molar-refractivity contribution in [3.63, 3.8) is 0 Å². The van der Waals surface area contributed by atoms with Gasteiger partial charge in [0.1, 0.15) is 5.82 Å². The van der Waals surface area contributed by atoms with Crippen LogP contribution in [-0.2, 0) is 10.5 Å². The lowest BCUT2D eigenvalue weighted by Crippen LogP contribution is -2.30. The number of aromatic amines is 1. The summed E-state index contributed by atoms with van der Waals surface area (Å²) in [7, 11) is 0. The SMILES string of the molecule is O=C(CSCc1nc2ccccc2[nH]1)NCCNc1ncccn1. The van der Waals surface area contributed by atoms with E-state index in [2.05, 4.69) is 30.6 Å². The van der Waals surface area contributed by atoms with Crippen molar-refractivity contribution in [1.29, 1.82) is 0 Å². The predicted molar refractivity (Wildman–Crippen MR) is 95.8 cm³/mol. The largest absolute Gasteiger partial charge is 0.354 e. The second kappa shape index (κ2) is 8.30. The number of carbonyl (C=O) groups is 1. The lowest BCUT2D eigenvalue weighted by atomic mass is 10.3. The van der Waals surface area contributed by atoms with Crippen LogP contribution in [-0.4, -0.2) is 44.7 Å². The van der Waals surface area contributed by atoms with Gasteiger partial charge in [-0.2, -0.15) is 0 Å². The standard InChI is InChI=1S/C16H18N6OS/c23-15(17-8-9-20-16-18-6-3-7-19-16)11-24-10-14-21-12-4-1-2-5-13(12)22-14/h1-7H,8-11H2,(H,17,23)(H,21,22)(H,18,19,20). The van der Waals surface area contributed by atoms with Crippen molar-refractivity contribution < 1.29 is 4.79 Å². The van der Waals surface area contributed by atoms with Crippen molar-refractivity contribution in [2.45, 2.75) is 5.75 Å². The summed E-state index contributed by atoms with van der Waals surface area (Å²) in [5, 5.41) is 5.90. The number of H-pyrrole nitrogens is 1. The molecule has 0 aliphatic carbocycles. The number of thioether (sulfide) groups is 1. The van der Waals surface area contributed by atoms with Crippen molar-refractivity contribution in [3.05, 3.63) is 48.5 Å². The molecule has 0 bridgehead atoms. The minimum Gasteiger partial charge on any atom is -0.354 e. The number of fused-ring (bicyclic) bond motifs is 1. The summed E-state index contributed by atoms with van der Waals surface area (Å²) < 4.78 is 0. The highest BCUT2D eigenvalue weighted by atomic mass is 32.2. The Balaban J connectivity index is 1.32. The molecule has 3 N–H and O–H groups in total. The van der Waals surface area contributed by atoms with Gasteiger partial charge in [0.15, 0.2) is 0 Å². The van der Waals surface area contributed by atoms with Crippen LogP contribution in [0, 0.1) is 0 Å². The van der Waals surface area contributed by atoms with Crippen molar-refractivity contribution in [1.82, 2.24) is 25.3 Å². The lowest BCUT2D eigenvalue weighted by Gasteiger charge is -2.06. The average molecular weight is 342 g/mol. The van der Waals surface area contributed by atoms with E-state index in [1.54, 1.807) is 18.5 Å². The molecule has 2 heterocycles. The summed E-state index contributed by atoms with van der Waals surface area (Å²) in [5.41, 5.74) is 1.97. The highest BCUT2D eigenvalue weighted by molar-refractivity contribution is 7.99. The molecule has 0 saturated heterocycles. The molecule has 124 valence electrons. The van der Waals surface area contributed by atoms with Gasteiger partial charge in [0.05, 0.1) is 22.5 Å². The van der Waals surface area contributed by atoms with E-state index >= 15 is 0 Å². The zero-order chi connectivity index (χ0) is 16.6. The van der Waals surface area contributed by atoms with Gasteiger partial charge in [-0.05, 0) is 18.2 Å². The zero-order valence-electron chi connectivity index (χ0n) is 13.0. The number of amides is 1. The Morgan fingerprint density at radius 3 is 2.79 bits per heavy atom. The summed E-state index contributed by atoms with van der Waals surface area (Å²) in [5.74, 6) is 2.53. The van der Waals surface area contributed by atoms with Gasteiger partial charge in [0.2, 0.25) is 11.9 Å². The summed E-state index contributed by atoms with van der Waals surface area (Å²) >= 11 is 1.53. The average Bonchev–Trinajstić information content (AvgIpc) is 3.02. The Labute approximate surface area is 143 Å². The van der Waals surface area contributed by atoms with E-state index in [1.165, 1.54) is 11.8 Å². The van der Waals surface area contributed by atoms with E-state index in [4.69, 9.17) is 0 Å². The van der Waals surface area contributed by atoms with Crippen LogP contribution in [0.3, 0.4) is 0 Å². The maximum absolute atomic E-state index is 11.8. The van der Waals surface area contributed by atoms with E-state index in [9.17, 15) is 4.79 Å². The van der Waals surface area contributed by atoms with Crippen LogP contribution in [0.25, 0.3) is 11.0 Å². The Morgan fingerprint density at radius 2 is 1.96 bits per heavy atom. The first-order valence-corrected chi connectivity index (χ1v) is 8.76. The monoisotopic (exact) mass is 342 g/mol. The number of hydrogen-bond acceptors (Lipinski definition) is 6. The second-order valence-corrected chi connectivity index (χ2v) is 6.03. The van der Waals surface area contributed by atoms with Crippen LogP contribution in [0.1, 0.15) is 5.82 Å². The zero-order valence-corrected chi connectivity index (χ0v) is 13.8. The quantitative estimate of drug-likeness (QED) is 0.541. The molecule has 0 unspecified atom stereocenters. The van der Waals surface area contributed by atoms with Crippen LogP contribution < -0.4 is 10.6 Å². The van der Waals surface area contributed by atoms with Gasteiger partial charge in [-0.25, -0.2) is 15.0 Å². The van der Waals surface area contributed by atoms with Gasteiger partial charge >= 0.3 is 0 Å². The molecule has 0 aliphatic heterocycles. The van der Waals surface area contributed by atoms with E-state index in [0.717, 1.165) is 16.9 Å². The predicted octanol–water partition coefficient (Wildman–Crippen LogP) is 1.81. The van der Waals surface area contributed by atoms with Gasteiger partial charge < -0.3 is 15.6 Å². The molecule has 3 aromatic rings. The number of para-hydroxylation sites is 2. The van der Waals surface area contributed by atoms with Gasteiger partial charge in [0, 0.05) is 25.5 Å². The molecule has 2 aromatic heterocycles. The molecule has 24 heavy (non-hydrogen) atoms. The first-order chi connectivity index (χ1) is 11.8. The summed E-state index contributed by atoms with van der Waals surface area (Å²) in [6, 6.07) is 9.65. The van der Waals surface area contributed by atoms with E-state index in [0.29, 0.717) is 30.5 Å². The van der Waals surface area contributed by atoms with Gasteiger partial charge in [-0.1, -0.05) is 12.1 Å². The number of hydrogen-bond donors (Lipinski definition) is 3. The smallest absolute Gasteiger partial charge is 0.230 e. The third-order valence-corrected chi connectivity index (χ3v) is 4.15. The van der Waals surface area contributed by atoms with Crippen molar-refractivity contribution >= 4 is 34.7 Å². The minimum atomic E-state index is 0.00638. The fourth-order valence-electron chi connectivity index (χ4n) is 2.13. The number of benzene rings is 1. The van der Waals surface area contributed by atoms with Crippen LogP contribution in [0.5, 0.6) is 0 Å². The number of aromatic nitrogens is 4. The number of nitrogens with one attached hydrogen (secondary N) is 3. The maximum atomic E-state index is 11.8. The fourth-order valence-corrected chi connectivity index (χ4v) is 2.85. The molecule has 0 aliphatic rings. The van der Waals surface area contributed by atoms with E-state index < -0.39 is 0 Å². The van der Waals surface area contributed by atoms with Gasteiger partial charge in [-0.3, -0.25) is 4.79 Å². The molecule has 8 heteroatoms. The molecule has 0 saturated carbocycles. The first-order valence-electron chi connectivity index (χ1n) is 7.60. The highest BCUT2D eigenvalue weighted by Gasteiger charge is 2.05. The molecule has 0 atom stereocenters. The topological polar surface area (TPSA) is 95.6 Å². The summed E-state index contributed by atoms with van der Waals surface area (Å²) in [4.78, 5) is 27.6. The molecule has 1 amide bonds. The number of rotatable bonds is 8. The fraction of sp³-hybridized carbons (Fsp3) is 0.250. The van der Waals surface area contributed by atoms with Gasteiger partial charge in [0.25, 0.3) is 0 Å². The van der Waals surface area contributed by atoms with E-state index in [-0.39, 0.29) is 5.91 Å². The lowest BCUT2D eigenvalue weighted by molar-refractivity contribution is -0.118.